The molecule has 0 bridgehead atoms. The van der Waals surface area contributed by atoms with Gasteiger partial charge in [0.05, 0.1) is 12.0 Å². The van der Waals surface area contributed by atoms with E-state index in [1.807, 2.05) is 11.8 Å². The number of carbonyl (C=O) groups excluding carboxylic acids is 2. The predicted molar refractivity (Wildman–Crippen MR) is 91.7 cm³/mol. The summed E-state index contributed by atoms with van der Waals surface area (Å²) in [4.78, 5) is 28.2. The van der Waals surface area contributed by atoms with E-state index in [1.54, 1.807) is 0 Å². The Balaban J connectivity index is 1.95. The van der Waals surface area contributed by atoms with Crippen molar-refractivity contribution in [3.63, 3.8) is 0 Å². The van der Waals surface area contributed by atoms with Crippen molar-refractivity contribution in [1.82, 2.24) is 9.80 Å². The standard InChI is InChI=1S/C18H31N3O2/c1-13(20-10-7-15(8-11-20)18(2,3)4)17(23)21-9-5-6-14(12-21)16(19)22/h7,13-14H,5-6,8-12H2,1-4H3,(H2,19,22)/t13-,14-/m0/s1. The van der Waals surface area contributed by atoms with Gasteiger partial charge in [0.1, 0.15) is 0 Å². The van der Waals surface area contributed by atoms with Gasteiger partial charge < -0.3 is 10.6 Å². The zero-order valence-electron chi connectivity index (χ0n) is 15.0. The van der Waals surface area contributed by atoms with Crippen molar-refractivity contribution in [1.29, 1.82) is 0 Å². The predicted octanol–water partition coefficient (Wildman–Crippen LogP) is 1.78. The molecule has 2 amide bonds. The molecule has 1 saturated heterocycles. The second-order valence-electron chi connectivity index (χ2n) is 7.93. The van der Waals surface area contributed by atoms with Gasteiger partial charge in [-0.25, -0.2) is 0 Å². The van der Waals surface area contributed by atoms with E-state index in [9.17, 15) is 9.59 Å². The van der Waals surface area contributed by atoms with E-state index in [0.717, 1.165) is 38.9 Å². The molecule has 5 nitrogen and oxygen atoms in total. The first-order valence-electron chi connectivity index (χ1n) is 8.72. The Morgan fingerprint density at radius 1 is 1.30 bits per heavy atom. The Morgan fingerprint density at radius 3 is 2.52 bits per heavy atom. The molecule has 23 heavy (non-hydrogen) atoms. The molecule has 0 aliphatic carbocycles. The van der Waals surface area contributed by atoms with Gasteiger partial charge in [-0.15, -0.1) is 0 Å². The summed E-state index contributed by atoms with van der Waals surface area (Å²) >= 11 is 0. The molecule has 2 rings (SSSR count). The lowest BCUT2D eigenvalue weighted by atomic mass is 9.83. The highest BCUT2D eigenvalue weighted by atomic mass is 16.2. The van der Waals surface area contributed by atoms with Crippen LogP contribution in [0.15, 0.2) is 11.6 Å². The van der Waals surface area contributed by atoms with Crippen LogP contribution in [-0.2, 0) is 9.59 Å². The van der Waals surface area contributed by atoms with Gasteiger partial charge in [0.25, 0.3) is 0 Å². The van der Waals surface area contributed by atoms with Crippen LogP contribution >= 0.6 is 0 Å². The van der Waals surface area contributed by atoms with Crippen molar-refractivity contribution >= 4 is 11.8 Å². The van der Waals surface area contributed by atoms with Crippen molar-refractivity contribution in [3.8, 4) is 0 Å². The SMILES string of the molecule is C[C@@H](C(=O)N1CCC[C@H](C(N)=O)C1)N1CC=C(C(C)(C)C)CC1. The zero-order valence-corrected chi connectivity index (χ0v) is 15.0. The first-order chi connectivity index (χ1) is 10.7. The monoisotopic (exact) mass is 321 g/mol. The molecule has 130 valence electrons. The number of likely N-dealkylation sites (tertiary alicyclic amines) is 1. The highest BCUT2D eigenvalue weighted by molar-refractivity contribution is 5.83. The number of nitrogens with zero attached hydrogens (tertiary/aromatic N) is 2. The summed E-state index contributed by atoms with van der Waals surface area (Å²) in [6, 6.07) is -0.139. The third kappa shape index (κ3) is 4.34. The van der Waals surface area contributed by atoms with Crippen LogP contribution < -0.4 is 5.73 Å². The molecule has 2 aliphatic heterocycles. The van der Waals surface area contributed by atoms with Gasteiger partial charge in [-0.3, -0.25) is 14.5 Å². The fourth-order valence-corrected chi connectivity index (χ4v) is 3.55. The highest BCUT2D eigenvalue weighted by Gasteiger charge is 2.32. The summed E-state index contributed by atoms with van der Waals surface area (Å²) in [6.45, 7) is 11.7. The van der Waals surface area contributed by atoms with Gasteiger partial charge in [-0.2, -0.15) is 0 Å². The van der Waals surface area contributed by atoms with E-state index >= 15 is 0 Å². The third-order valence-electron chi connectivity index (χ3n) is 5.24. The molecule has 0 spiro atoms. The second kappa shape index (κ2) is 7.04. The Bertz CT molecular complexity index is 493. The van der Waals surface area contributed by atoms with Crippen LogP contribution in [0.1, 0.15) is 47.0 Å². The Morgan fingerprint density at radius 2 is 2.00 bits per heavy atom. The van der Waals surface area contributed by atoms with Crippen LogP contribution in [0.3, 0.4) is 0 Å². The Hall–Kier alpha value is -1.36. The number of carbonyl (C=O) groups is 2. The van der Waals surface area contributed by atoms with E-state index in [2.05, 4.69) is 31.7 Å². The fourth-order valence-electron chi connectivity index (χ4n) is 3.55. The van der Waals surface area contributed by atoms with Crippen LogP contribution in [0, 0.1) is 11.3 Å². The number of hydrogen-bond acceptors (Lipinski definition) is 3. The van der Waals surface area contributed by atoms with E-state index in [-0.39, 0.29) is 29.2 Å². The number of primary amides is 1. The van der Waals surface area contributed by atoms with Crippen LogP contribution in [0.2, 0.25) is 0 Å². The summed E-state index contributed by atoms with van der Waals surface area (Å²) in [5.41, 5.74) is 7.09. The highest BCUT2D eigenvalue weighted by Crippen LogP contribution is 2.30. The summed E-state index contributed by atoms with van der Waals surface area (Å²) in [7, 11) is 0. The molecule has 1 fully saturated rings. The van der Waals surface area contributed by atoms with E-state index in [1.165, 1.54) is 5.57 Å². The van der Waals surface area contributed by atoms with Crippen molar-refractivity contribution in [2.45, 2.75) is 53.0 Å². The Labute approximate surface area is 139 Å². The largest absolute Gasteiger partial charge is 0.369 e. The smallest absolute Gasteiger partial charge is 0.239 e. The first kappa shape index (κ1) is 18.0. The minimum absolute atomic E-state index is 0.128. The van der Waals surface area contributed by atoms with Crippen LogP contribution in [0.4, 0.5) is 0 Å². The molecule has 0 saturated carbocycles. The molecule has 0 aromatic rings. The molecule has 5 heteroatoms. The number of rotatable bonds is 3. The topological polar surface area (TPSA) is 66.6 Å². The van der Waals surface area contributed by atoms with Gasteiger partial charge in [-0.1, -0.05) is 32.4 Å². The molecule has 2 N–H and O–H groups in total. The molecule has 0 aromatic carbocycles. The lowest BCUT2D eigenvalue weighted by Gasteiger charge is -2.38. The van der Waals surface area contributed by atoms with E-state index in [4.69, 9.17) is 5.73 Å². The summed E-state index contributed by atoms with van der Waals surface area (Å²) in [5.74, 6) is -0.344. The second-order valence-corrected chi connectivity index (χ2v) is 7.93. The van der Waals surface area contributed by atoms with Crippen molar-refractivity contribution in [2.75, 3.05) is 26.2 Å². The van der Waals surface area contributed by atoms with Crippen LogP contribution in [0.5, 0.6) is 0 Å². The van der Waals surface area contributed by atoms with Crippen molar-refractivity contribution in [3.05, 3.63) is 11.6 Å². The van der Waals surface area contributed by atoms with Crippen LogP contribution in [-0.4, -0.2) is 53.8 Å². The average Bonchev–Trinajstić information content (AvgIpc) is 2.53. The van der Waals surface area contributed by atoms with Gasteiger partial charge >= 0.3 is 0 Å². The van der Waals surface area contributed by atoms with Crippen molar-refractivity contribution in [2.24, 2.45) is 17.1 Å². The van der Waals surface area contributed by atoms with Crippen molar-refractivity contribution < 1.29 is 9.59 Å². The molecule has 2 atom stereocenters. The molecule has 0 aromatic heterocycles. The third-order valence-corrected chi connectivity index (χ3v) is 5.24. The zero-order chi connectivity index (χ0) is 17.2. The lowest BCUT2D eigenvalue weighted by molar-refractivity contribution is -0.139. The van der Waals surface area contributed by atoms with Gasteiger partial charge in [0, 0.05) is 26.2 Å². The number of nitrogens with two attached hydrogens (primary N) is 1. The summed E-state index contributed by atoms with van der Waals surface area (Å²) in [6.07, 6.45) is 4.95. The number of hydrogen-bond donors (Lipinski definition) is 1. The van der Waals surface area contributed by atoms with Gasteiger partial charge in [0.2, 0.25) is 11.8 Å². The quantitative estimate of drug-likeness (QED) is 0.806. The van der Waals surface area contributed by atoms with E-state index in [0.29, 0.717) is 6.54 Å². The Kier molecular flexibility index (Phi) is 5.50. The van der Waals surface area contributed by atoms with E-state index < -0.39 is 0 Å². The summed E-state index contributed by atoms with van der Waals surface area (Å²) in [5, 5.41) is 0. The first-order valence-corrected chi connectivity index (χ1v) is 8.72. The van der Waals surface area contributed by atoms with Gasteiger partial charge in [0.15, 0.2) is 0 Å². The molecule has 2 heterocycles. The minimum atomic E-state index is -0.286. The van der Waals surface area contributed by atoms with Crippen LogP contribution in [0.25, 0.3) is 0 Å². The fraction of sp³-hybridized carbons (Fsp3) is 0.778. The summed E-state index contributed by atoms with van der Waals surface area (Å²) < 4.78 is 0. The molecular formula is C18H31N3O2. The maximum atomic E-state index is 12.8. The lowest BCUT2D eigenvalue weighted by Crippen LogP contribution is -2.52. The minimum Gasteiger partial charge on any atom is -0.369 e. The maximum absolute atomic E-state index is 12.8. The maximum Gasteiger partial charge on any atom is 0.239 e. The molecular weight excluding hydrogens is 290 g/mol. The molecule has 2 aliphatic rings. The average molecular weight is 321 g/mol. The molecule has 0 unspecified atom stereocenters. The molecule has 0 radical (unpaired) electrons. The van der Waals surface area contributed by atoms with Gasteiger partial charge in [-0.05, 0) is 31.6 Å². The number of amides is 2. The normalized spacial score (nSPS) is 25.0. The number of piperidine rings is 1.